The van der Waals surface area contributed by atoms with E-state index in [0.29, 0.717) is 16.8 Å². The van der Waals surface area contributed by atoms with Crippen molar-refractivity contribution < 1.29 is 21.6 Å². The molecule has 0 aliphatic carbocycles. The molecule has 1 aliphatic heterocycles. The first kappa shape index (κ1) is 22.8. The van der Waals surface area contributed by atoms with Gasteiger partial charge < -0.3 is 0 Å². The van der Waals surface area contributed by atoms with E-state index in [1.54, 1.807) is 0 Å². The number of rotatable bonds is 5. The molecule has 3 N–H and O–H groups in total. The minimum atomic E-state index is -3.84. The smallest absolute Gasteiger partial charge is 0.257 e. The number of sulfonamides is 2. The number of benzene rings is 2. The highest BCUT2D eigenvalue weighted by Gasteiger charge is 2.31. The monoisotopic (exact) mass is 494 g/mol. The molecular formula is C20H22N4O5S3. The molecule has 1 fully saturated rings. The molecule has 1 aromatic heterocycles. The largest absolute Gasteiger partial charge is 0.298 e. The molecule has 2 aromatic carbocycles. The minimum Gasteiger partial charge on any atom is -0.298 e. The standard InChI is InChI=1S/C20H22N4O5S3/c1-13-4-2-3-11-24(13)32(28,29)15-7-5-14(6-8-15)19(25)23-20-22-17-10-9-16(31(21,26)27)12-18(17)30-20/h5-10,12-13H,2-4,11H2,1H3,(H2,21,26,27)(H,22,23,25)/t13-/m1/s1. The number of nitrogens with zero attached hydrogens (tertiary/aromatic N) is 2. The maximum absolute atomic E-state index is 12.9. The molecule has 1 amide bonds. The van der Waals surface area contributed by atoms with E-state index < -0.39 is 26.0 Å². The molecule has 3 aromatic rings. The predicted molar refractivity (Wildman–Crippen MR) is 123 cm³/mol. The summed E-state index contributed by atoms with van der Waals surface area (Å²) < 4.78 is 51.0. The number of amides is 1. The van der Waals surface area contributed by atoms with Crippen molar-refractivity contribution >= 4 is 52.6 Å². The maximum atomic E-state index is 12.9. The highest BCUT2D eigenvalue weighted by atomic mass is 32.2. The highest BCUT2D eigenvalue weighted by Crippen LogP contribution is 2.29. The van der Waals surface area contributed by atoms with Crippen LogP contribution in [-0.2, 0) is 20.0 Å². The number of anilines is 1. The minimum absolute atomic E-state index is 0.0358. The van der Waals surface area contributed by atoms with Crippen molar-refractivity contribution in [3.63, 3.8) is 0 Å². The Bertz CT molecular complexity index is 1380. The van der Waals surface area contributed by atoms with Crippen LogP contribution in [0.5, 0.6) is 0 Å². The number of primary sulfonamides is 1. The van der Waals surface area contributed by atoms with Gasteiger partial charge in [-0.15, -0.1) is 0 Å². The number of aromatic nitrogens is 1. The van der Waals surface area contributed by atoms with Crippen LogP contribution in [0.4, 0.5) is 5.13 Å². The fraction of sp³-hybridized carbons (Fsp3) is 0.300. The van der Waals surface area contributed by atoms with Gasteiger partial charge in [0.1, 0.15) is 0 Å². The lowest BCUT2D eigenvalue weighted by molar-refractivity contribution is 0.102. The number of hydrogen-bond acceptors (Lipinski definition) is 7. The van der Waals surface area contributed by atoms with Crippen molar-refractivity contribution in [1.29, 1.82) is 0 Å². The fourth-order valence-corrected chi connectivity index (χ4v) is 6.86. The molecule has 1 saturated heterocycles. The molecular weight excluding hydrogens is 472 g/mol. The summed E-state index contributed by atoms with van der Waals surface area (Å²) in [5.74, 6) is -0.453. The van der Waals surface area contributed by atoms with E-state index in [2.05, 4.69) is 10.3 Å². The van der Waals surface area contributed by atoms with Crippen LogP contribution in [0.3, 0.4) is 0 Å². The highest BCUT2D eigenvalue weighted by molar-refractivity contribution is 7.89. The summed E-state index contributed by atoms with van der Waals surface area (Å²) >= 11 is 1.11. The lowest BCUT2D eigenvalue weighted by Crippen LogP contribution is -2.41. The number of fused-ring (bicyclic) bond motifs is 1. The van der Waals surface area contributed by atoms with Crippen LogP contribution >= 0.6 is 11.3 Å². The number of hydrogen-bond donors (Lipinski definition) is 2. The second kappa shape index (κ2) is 8.52. The normalized spacial score (nSPS) is 18.0. The molecule has 32 heavy (non-hydrogen) atoms. The van der Waals surface area contributed by atoms with Gasteiger partial charge in [-0.25, -0.2) is 27.0 Å². The Morgan fingerprint density at radius 3 is 2.44 bits per heavy atom. The van der Waals surface area contributed by atoms with Gasteiger partial charge in [-0.3, -0.25) is 10.1 Å². The van der Waals surface area contributed by atoms with E-state index in [-0.39, 0.29) is 26.5 Å². The van der Waals surface area contributed by atoms with E-state index in [9.17, 15) is 21.6 Å². The quantitative estimate of drug-likeness (QED) is 0.559. The summed E-state index contributed by atoms with van der Waals surface area (Å²) in [5, 5.41) is 8.10. The molecule has 12 heteroatoms. The number of nitrogens with two attached hydrogens (primary N) is 1. The zero-order chi connectivity index (χ0) is 23.1. The SMILES string of the molecule is C[C@@H]1CCCCN1S(=O)(=O)c1ccc(C(=O)Nc2nc3ccc(S(N)(=O)=O)cc3s2)cc1. The average molecular weight is 495 g/mol. The van der Waals surface area contributed by atoms with Crippen LogP contribution in [0.2, 0.25) is 0 Å². The van der Waals surface area contributed by atoms with Gasteiger partial charge in [-0.2, -0.15) is 4.31 Å². The Balaban J connectivity index is 1.52. The molecule has 4 rings (SSSR count). The van der Waals surface area contributed by atoms with Crippen molar-refractivity contribution in [3.8, 4) is 0 Å². The fourth-order valence-electron chi connectivity index (χ4n) is 3.65. The molecule has 1 aliphatic rings. The Hall–Kier alpha value is -2.38. The number of carbonyl (C=O) groups excluding carboxylic acids is 1. The molecule has 2 heterocycles. The third kappa shape index (κ3) is 4.55. The van der Waals surface area contributed by atoms with Gasteiger partial charge in [0.25, 0.3) is 5.91 Å². The van der Waals surface area contributed by atoms with Crippen molar-refractivity contribution in [2.45, 2.75) is 42.0 Å². The Kier molecular flexibility index (Phi) is 6.07. The van der Waals surface area contributed by atoms with Gasteiger partial charge in [0.2, 0.25) is 20.0 Å². The molecule has 1 atom stereocenters. The predicted octanol–water partition coefficient (Wildman–Crippen LogP) is 2.76. The Morgan fingerprint density at radius 2 is 1.78 bits per heavy atom. The van der Waals surface area contributed by atoms with Gasteiger partial charge in [0.15, 0.2) is 5.13 Å². The van der Waals surface area contributed by atoms with E-state index in [1.165, 1.54) is 46.8 Å². The molecule has 0 bridgehead atoms. The molecule has 0 radical (unpaired) electrons. The van der Waals surface area contributed by atoms with Gasteiger partial charge >= 0.3 is 0 Å². The number of thiazole rings is 1. The lowest BCUT2D eigenvalue weighted by atomic mass is 10.1. The van der Waals surface area contributed by atoms with E-state index in [1.807, 2.05) is 6.92 Å². The average Bonchev–Trinajstić information content (AvgIpc) is 3.15. The Morgan fingerprint density at radius 1 is 1.09 bits per heavy atom. The van der Waals surface area contributed by atoms with Gasteiger partial charge in [0.05, 0.1) is 20.0 Å². The van der Waals surface area contributed by atoms with Crippen LogP contribution in [0.25, 0.3) is 10.2 Å². The zero-order valence-corrected chi connectivity index (χ0v) is 19.6. The van der Waals surface area contributed by atoms with Gasteiger partial charge in [-0.05, 0) is 62.2 Å². The van der Waals surface area contributed by atoms with Crippen LogP contribution in [0, 0.1) is 0 Å². The molecule has 0 spiro atoms. The summed E-state index contributed by atoms with van der Waals surface area (Å²) in [6, 6.07) is 10.0. The maximum Gasteiger partial charge on any atom is 0.257 e. The number of carbonyl (C=O) groups is 1. The van der Waals surface area contributed by atoms with Gasteiger partial charge in [0, 0.05) is 18.2 Å². The van der Waals surface area contributed by atoms with Crippen molar-refractivity contribution in [2.75, 3.05) is 11.9 Å². The van der Waals surface area contributed by atoms with E-state index in [0.717, 1.165) is 30.6 Å². The molecule has 0 saturated carbocycles. The second-order valence-electron chi connectivity index (χ2n) is 7.63. The summed E-state index contributed by atoms with van der Waals surface area (Å²) in [6.07, 6.45) is 2.69. The molecule has 170 valence electrons. The molecule has 9 nitrogen and oxygen atoms in total. The lowest BCUT2D eigenvalue weighted by Gasteiger charge is -2.32. The summed E-state index contributed by atoms with van der Waals surface area (Å²) in [6.45, 7) is 2.40. The number of piperidine rings is 1. The third-order valence-electron chi connectivity index (χ3n) is 5.37. The van der Waals surface area contributed by atoms with Crippen LogP contribution < -0.4 is 10.5 Å². The summed E-state index contributed by atoms with van der Waals surface area (Å²) in [7, 11) is -7.45. The first-order valence-electron chi connectivity index (χ1n) is 9.92. The topological polar surface area (TPSA) is 140 Å². The van der Waals surface area contributed by atoms with E-state index in [4.69, 9.17) is 5.14 Å². The summed E-state index contributed by atoms with van der Waals surface area (Å²) in [4.78, 5) is 17.0. The molecule has 0 unspecified atom stereocenters. The number of nitrogens with one attached hydrogen (secondary N) is 1. The summed E-state index contributed by atoms with van der Waals surface area (Å²) in [5.41, 5.74) is 0.801. The zero-order valence-electron chi connectivity index (χ0n) is 17.2. The van der Waals surface area contributed by atoms with Crippen LogP contribution in [0.1, 0.15) is 36.5 Å². The van der Waals surface area contributed by atoms with Crippen molar-refractivity contribution in [2.24, 2.45) is 5.14 Å². The first-order valence-corrected chi connectivity index (χ1v) is 13.7. The van der Waals surface area contributed by atoms with E-state index >= 15 is 0 Å². The first-order chi connectivity index (χ1) is 15.1. The van der Waals surface area contributed by atoms with Crippen LogP contribution in [0.15, 0.2) is 52.3 Å². The van der Waals surface area contributed by atoms with Gasteiger partial charge in [-0.1, -0.05) is 17.8 Å². The second-order valence-corrected chi connectivity index (χ2v) is 12.1. The van der Waals surface area contributed by atoms with Crippen LogP contribution in [-0.4, -0.2) is 44.6 Å². The van der Waals surface area contributed by atoms with Crippen molar-refractivity contribution in [1.82, 2.24) is 9.29 Å². The Labute approximate surface area is 190 Å². The third-order valence-corrected chi connectivity index (χ3v) is 9.25. The van der Waals surface area contributed by atoms with Crippen molar-refractivity contribution in [3.05, 3.63) is 48.0 Å².